The average molecular weight is 399 g/mol. The van der Waals surface area contributed by atoms with E-state index in [9.17, 15) is 9.59 Å². The number of carbonyl (C=O) groups excluding carboxylic acids is 2. The molecule has 1 aliphatic rings. The van der Waals surface area contributed by atoms with Crippen molar-refractivity contribution in [3.8, 4) is 0 Å². The fourth-order valence-corrected chi connectivity index (χ4v) is 4.08. The summed E-state index contributed by atoms with van der Waals surface area (Å²) < 4.78 is 10.8. The molecule has 0 unspecified atom stereocenters. The van der Waals surface area contributed by atoms with Gasteiger partial charge in [0.25, 0.3) is 0 Å². The van der Waals surface area contributed by atoms with Gasteiger partial charge in [-0.1, -0.05) is 38.8 Å². The third-order valence-electron chi connectivity index (χ3n) is 4.96. The Balaban J connectivity index is 1.92. The van der Waals surface area contributed by atoms with Gasteiger partial charge in [0.2, 0.25) is 0 Å². The van der Waals surface area contributed by atoms with Crippen LogP contribution in [0.1, 0.15) is 50.4 Å². The van der Waals surface area contributed by atoms with Crippen molar-refractivity contribution in [2.24, 2.45) is 17.8 Å². The van der Waals surface area contributed by atoms with E-state index in [1.54, 1.807) is 12.1 Å². The van der Waals surface area contributed by atoms with E-state index in [1.165, 1.54) is 11.8 Å². The number of halogens is 1. The third-order valence-corrected chi connectivity index (χ3v) is 6.01. The van der Waals surface area contributed by atoms with Crippen LogP contribution in [0.25, 0.3) is 0 Å². The van der Waals surface area contributed by atoms with E-state index >= 15 is 0 Å². The highest BCUT2D eigenvalue weighted by molar-refractivity contribution is 7.98. The van der Waals surface area contributed by atoms with Crippen LogP contribution >= 0.6 is 23.4 Å². The number of rotatable bonds is 6. The zero-order valence-corrected chi connectivity index (χ0v) is 17.4. The van der Waals surface area contributed by atoms with Gasteiger partial charge in [-0.05, 0) is 55.1 Å². The summed E-state index contributed by atoms with van der Waals surface area (Å²) in [5.41, 5.74) is 0.262. The average Bonchev–Trinajstić information content (AvgIpc) is 2.60. The SMILES string of the molecule is CSc1ccc(Cl)c(C(=O)OCC(=O)O[C@@H]2C[C@H](C)CC[C@@H]2C(C)C)c1. The lowest BCUT2D eigenvalue weighted by Gasteiger charge is -2.36. The molecule has 0 heterocycles. The van der Waals surface area contributed by atoms with E-state index < -0.39 is 18.5 Å². The Bertz CT molecular complexity index is 647. The van der Waals surface area contributed by atoms with Gasteiger partial charge in [-0.3, -0.25) is 0 Å². The van der Waals surface area contributed by atoms with Crippen molar-refractivity contribution in [1.82, 2.24) is 0 Å². The molecule has 0 N–H and O–H groups in total. The summed E-state index contributed by atoms with van der Waals surface area (Å²) in [6.07, 6.45) is 4.90. The normalized spacial score (nSPS) is 22.9. The molecule has 0 amide bonds. The van der Waals surface area contributed by atoms with Gasteiger partial charge >= 0.3 is 11.9 Å². The molecule has 3 atom stereocenters. The second-order valence-corrected chi connectivity index (χ2v) is 8.56. The lowest BCUT2D eigenvalue weighted by atomic mass is 9.75. The molecule has 4 nitrogen and oxygen atoms in total. The minimum Gasteiger partial charge on any atom is -0.460 e. The van der Waals surface area contributed by atoms with Gasteiger partial charge in [-0.15, -0.1) is 11.8 Å². The number of benzene rings is 1. The predicted octanol–water partition coefficient (Wildman–Crippen LogP) is 5.22. The van der Waals surface area contributed by atoms with Crippen molar-refractivity contribution in [2.75, 3.05) is 12.9 Å². The van der Waals surface area contributed by atoms with E-state index in [2.05, 4.69) is 20.8 Å². The third kappa shape index (κ3) is 5.65. The lowest BCUT2D eigenvalue weighted by molar-refractivity contribution is -0.159. The van der Waals surface area contributed by atoms with Crippen molar-refractivity contribution < 1.29 is 19.1 Å². The molecule has 26 heavy (non-hydrogen) atoms. The molecule has 0 radical (unpaired) electrons. The second-order valence-electron chi connectivity index (χ2n) is 7.28. The topological polar surface area (TPSA) is 52.6 Å². The van der Waals surface area contributed by atoms with Gasteiger partial charge in [0, 0.05) is 4.90 Å². The first-order valence-electron chi connectivity index (χ1n) is 9.02. The van der Waals surface area contributed by atoms with Crippen LogP contribution in [0.5, 0.6) is 0 Å². The summed E-state index contributed by atoms with van der Waals surface area (Å²) in [4.78, 5) is 25.3. The Labute approximate surface area is 165 Å². The number of hydrogen-bond donors (Lipinski definition) is 0. The van der Waals surface area contributed by atoms with Crippen molar-refractivity contribution in [1.29, 1.82) is 0 Å². The van der Waals surface area contributed by atoms with Crippen molar-refractivity contribution >= 4 is 35.3 Å². The van der Waals surface area contributed by atoms with Crippen molar-refractivity contribution in [2.45, 2.75) is 51.0 Å². The van der Waals surface area contributed by atoms with Gasteiger partial charge in [-0.25, -0.2) is 9.59 Å². The molecule has 0 aromatic heterocycles. The van der Waals surface area contributed by atoms with Crippen LogP contribution in [0.3, 0.4) is 0 Å². The second kappa shape index (κ2) is 9.65. The van der Waals surface area contributed by atoms with E-state index in [4.69, 9.17) is 21.1 Å². The van der Waals surface area contributed by atoms with Crippen molar-refractivity contribution in [3.63, 3.8) is 0 Å². The van der Waals surface area contributed by atoms with Gasteiger partial charge in [0.15, 0.2) is 6.61 Å². The summed E-state index contributed by atoms with van der Waals surface area (Å²) >= 11 is 7.56. The highest BCUT2D eigenvalue weighted by atomic mass is 35.5. The molecule has 0 spiro atoms. The van der Waals surface area contributed by atoms with Crippen LogP contribution in [0.2, 0.25) is 5.02 Å². The van der Waals surface area contributed by atoms with Crippen LogP contribution in [0.15, 0.2) is 23.1 Å². The molecule has 1 aromatic rings. The molecule has 0 bridgehead atoms. The first kappa shape index (κ1) is 21.1. The molecule has 1 fully saturated rings. The zero-order valence-electron chi connectivity index (χ0n) is 15.8. The van der Waals surface area contributed by atoms with Crippen LogP contribution < -0.4 is 0 Å². The maximum atomic E-state index is 12.2. The van der Waals surface area contributed by atoms with E-state index in [-0.39, 0.29) is 11.7 Å². The zero-order chi connectivity index (χ0) is 19.3. The molecule has 1 saturated carbocycles. The smallest absolute Gasteiger partial charge is 0.344 e. The van der Waals surface area contributed by atoms with E-state index in [1.807, 2.05) is 12.3 Å². The fraction of sp³-hybridized carbons (Fsp3) is 0.600. The fourth-order valence-electron chi connectivity index (χ4n) is 3.44. The number of carbonyl (C=O) groups is 2. The van der Waals surface area contributed by atoms with Crippen molar-refractivity contribution in [3.05, 3.63) is 28.8 Å². The Morgan fingerprint density at radius 3 is 2.69 bits per heavy atom. The number of hydrogen-bond acceptors (Lipinski definition) is 5. The Morgan fingerprint density at radius 2 is 2.04 bits per heavy atom. The van der Waals surface area contributed by atoms with Crippen LogP contribution in [-0.4, -0.2) is 30.9 Å². The lowest BCUT2D eigenvalue weighted by Crippen LogP contribution is -2.36. The quantitative estimate of drug-likeness (QED) is 0.485. The molecule has 0 aliphatic heterocycles. The Kier molecular flexibility index (Phi) is 7.84. The van der Waals surface area contributed by atoms with Gasteiger partial charge in [0.05, 0.1) is 10.6 Å². The molecular formula is C20H27ClO4S. The highest BCUT2D eigenvalue weighted by Crippen LogP contribution is 2.35. The van der Waals surface area contributed by atoms with Crippen LogP contribution in [0, 0.1) is 17.8 Å². The number of esters is 2. The standard InChI is InChI=1S/C20H27ClO4S/c1-12(2)15-7-5-13(3)9-18(15)25-19(22)11-24-20(23)16-10-14(26-4)6-8-17(16)21/h6,8,10,12-13,15,18H,5,7,9,11H2,1-4H3/t13-,15-,18-/m1/s1. The van der Waals surface area contributed by atoms with Gasteiger partial charge in [0.1, 0.15) is 6.10 Å². The highest BCUT2D eigenvalue weighted by Gasteiger charge is 2.33. The Hall–Kier alpha value is -1.20. The maximum absolute atomic E-state index is 12.2. The van der Waals surface area contributed by atoms with Gasteiger partial charge in [-0.2, -0.15) is 0 Å². The molecule has 0 saturated heterocycles. The molecule has 2 rings (SSSR count). The molecular weight excluding hydrogens is 372 g/mol. The summed E-state index contributed by atoms with van der Waals surface area (Å²) in [6, 6.07) is 5.14. The molecule has 1 aromatic carbocycles. The molecule has 144 valence electrons. The van der Waals surface area contributed by atoms with Crippen LogP contribution in [0.4, 0.5) is 0 Å². The Morgan fingerprint density at radius 1 is 1.31 bits per heavy atom. The maximum Gasteiger partial charge on any atom is 0.344 e. The number of thioether (sulfide) groups is 1. The molecule has 1 aliphatic carbocycles. The molecule has 6 heteroatoms. The van der Waals surface area contributed by atoms with Gasteiger partial charge < -0.3 is 9.47 Å². The monoisotopic (exact) mass is 398 g/mol. The van der Waals surface area contributed by atoms with Crippen LogP contribution in [-0.2, 0) is 14.3 Å². The summed E-state index contributed by atoms with van der Waals surface area (Å²) in [5.74, 6) is 0.244. The number of ether oxygens (including phenoxy) is 2. The first-order chi connectivity index (χ1) is 12.3. The van der Waals surface area contributed by atoms with E-state index in [0.29, 0.717) is 22.8 Å². The first-order valence-corrected chi connectivity index (χ1v) is 10.6. The minimum absolute atomic E-state index is 0.103. The minimum atomic E-state index is -0.611. The summed E-state index contributed by atoms with van der Waals surface area (Å²) in [6.45, 7) is 6.09. The van der Waals surface area contributed by atoms with E-state index in [0.717, 1.165) is 24.2 Å². The largest absolute Gasteiger partial charge is 0.460 e. The predicted molar refractivity (Wildman–Crippen MR) is 105 cm³/mol. The summed E-state index contributed by atoms with van der Waals surface area (Å²) in [7, 11) is 0. The summed E-state index contributed by atoms with van der Waals surface area (Å²) in [5, 5.41) is 0.308.